The zero-order valence-electron chi connectivity index (χ0n) is 37.0. The van der Waals surface area contributed by atoms with Crippen molar-refractivity contribution in [2.45, 2.75) is 138 Å². The summed E-state index contributed by atoms with van der Waals surface area (Å²) in [6.07, 6.45) is 19.3. The maximum Gasteiger partial charge on any atom is 0.0449 e. The molecule has 2 atom stereocenters. The van der Waals surface area contributed by atoms with Gasteiger partial charge in [0.15, 0.2) is 0 Å². The van der Waals surface area contributed by atoms with Gasteiger partial charge in [0.05, 0.1) is 0 Å². The minimum Gasteiger partial charge on any atom is -0.139 e. The van der Waals surface area contributed by atoms with E-state index in [-0.39, 0.29) is 5.41 Å². The molecule has 1 aliphatic carbocycles. The molecule has 0 saturated heterocycles. The molecule has 0 nitrogen and oxygen atoms in total. The number of hydrogen-bond acceptors (Lipinski definition) is 4. The summed E-state index contributed by atoms with van der Waals surface area (Å²) in [6, 6.07) is 33.7. The van der Waals surface area contributed by atoms with Crippen molar-refractivity contribution in [3.8, 4) is 51.5 Å². The van der Waals surface area contributed by atoms with Gasteiger partial charge in [-0.05, 0) is 198 Å². The molecule has 0 bridgehead atoms. The number of benzene rings is 2. The van der Waals surface area contributed by atoms with E-state index in [9.17, 15) is 0 Å². The number of allylic oxidation sites excluding steroid dienone is 4. The van der Waals surface area contributed by atoms with Gasteiger partial charge < -0.3 is 0 Å². The third-order valence-electron chi connectivity index (χ3n) is 12.5. The number of hydrogen-bond donors (Lipinski definition) is 0. The van der Waals surface area contributed by atoms with E-state index >= 15 is 0 Å². The standard InChI is InChI=1S/C55H66S4/c1-9-33-55(34-10-2)47-35-41(49-29-31-53(58-49)51-27-23-43(56-51)21-17-39(7)15-11-13-37(3)4)19-25-45(47)46-26-20-42(36-48(46)55)50-30-32-54(59-50)52-28-24-44(57-52)22-18-40(8)16-12-14-38(5)6/h13-14,19-20,23-32,35-36,39-40H,9-12,15-18,21-22,33-34H2,1-8H3/t39-,40-/m0/s1. The molecular formula is C55H66S4. The molecule has 0 radical (unpaired) electrons. The molecule has 0 saturated carbocycles. The van der Waals surface area contributed by atoms with Gasteiger partial charge in [0, 0.05) is 44.4 Å². The Hall–Kier alpha value is -3.28. The highest BCUT2D eigenvalue weighted by Gasteiger charge is 2.42. The molecule has 1 aliphatic rings. The van der Waals surface area contributed by atoms with E-state index in [1.807, 2.05) is 45.3 Å². The van der Waals surface area contributed by atoms with Crippen LogP contribution in [0.1, 0.15) is 140 Å². The quantitative estimate of drug-likeness (QED) is 0.0671. The Balaban J connectivity index is 1.08. The second-order valence-electron chi connectivity index (χ2n) is 18.0. The molecule has 310 valence electrons. The van der Waals surface area contributed by atoms with Crippen molar-refractivity contribution >= 4 is 45.3 Å². The lowest BCUT2D eigenvalue weighted by Crippen LogP contribution is -2.25. The molecule has 7 rings (SSSR count). The van der Waals surface area contributed by atoms with Gasteiger partial charge in [-0.25, -0.2) is 0 Å². The molecule has 0 spiro atoms. The van der Waals surface area contributed by atoms with Crippen LogP contribution in [0.15, 0.2) is 108 Å². The van der Waals surface area contributed by atoms with Gasteiger partial charge in [0.2, 0.25) is 0 Å². The molecule has 0 amide bonds. The lowest BCUT2D eigenvalue weighted by molar-refractivity contribution is 0.436. The smallest absolute Gasteiger partial charge is 0.0449 e. The van der Waals surface area contributed by atoms with Gasteiger partial charge in [-0.3, -0.25) is 0 Å². The second-order valence-corrected chi connectivity index (χ2v) is 22.5. The third kappa shape index (κ3) is 10.4. The Morgan fingerprint density at radius 1 is 0.492 bits per heavy atom. The van der Waals surface area contributed by atoms with Crippen LogP contribution in [0.2, 0.25) is 0 Å². The van der Waals surface area contributed by atoms with Crippen LogP contribution in [-0.2, 0) is 18.3 Å². The molecule has 2 aromatic carbocycles. The summed E-state index contributed by atoms with van der Waals surface area (Å²) in [5, 5.41) is 0. The zero-order valence-corrected chi connectivity index (χ0v) is 40.3. The summed E-state index contributed by atoms with van der Waals surface area (Å²) in [5.41, 5.74) is 11.6. The molecule has 6 aromatic rings. The first-order valence-corrected chi connectivity index (χ1v) is 25.8. The molecular weight excluding hydrogens is 789 g/mol. The topological polar surface area (TPSA) is 0 Å². The van der Waals surface area contributed by atoms with Crippen LogP contribution >= 0.6 is 45.3 Å². The maximum atomic E-state index is 2.58. The van der Waals surface area contributed by atoms with Gasteiger partial charge in [0.1, 0.15) is 0 Å². The van der Waals surface area contributed by atoms with Gasteiger partial charge in [0.25, 0.3) is 0 Å². The van der Waals surface area contributed by atoms with Crippen molar-refractivity contribution < 1.29 is 0 Å². The summed E-state index contributed by atoms with van der Waals surface area (Å²) >= 11 is 7.91. The van der Waals surface area contributed by atoms with E-state index in [2.05, 4.69) is 152 Å². The fraction of sp³-hybridized carbons (Fsp3) is 0.418. The predicted octanol–water partition coefficient (Wildman–Crippen LogP) is 19.1. The number of aryl methyl sites for hydroxylation is 2. The average Bonchev–Trinajstić information content (AvgIpc) is 4.07. The van der Waals surface area contributed by atoms with Gasteiger partial charge in [-0.2, -0.15) is 0 Å². The molecule has 59 heavy (non-hydrogen) atoms. The first-order chi connectivity index (χ1) is 28.6. The summed E-state index contributed by atoms with van der Waals surface area (Å²) in [5.74, 6) is 1.52. The van der Waals surface area contributed by atoms with Gasteiger partial charge in [-0.1, -0.05) is 88.1 Å². The van der Waals surface area contributed by atoms with Crippen LogP contribution in [0.5, 0.6) is 0 Å². The van der Waals surface area contributed by atoms with Crippen molar-refractivity contribution in [1.82, 2.24) is 0 Å². The van der Waals surface area contributed by atoms with Crippen LogP contribution in [0.4, 0.5) is 0 Å². The van der Waals surface area contributed by atoms with E-state index in [0.29, 0.717) is 0 Å². The predicted molar refractivity (Wildman–Crippen MR) is 268 cm³/mol. The summed E-state index contributed by atoms with van der Waals surface area (Å²) in [6.45, 7) is 18.4. The molecule has 0 aliphatic heterocycles. The lowest BCUT2D eigenvalue weighted by Gasteiger charge is -2.32. The zero-order chi connectivity index (χ0) is 41.5. The van der Waals surface area contributed by atoms with Crippen molar-refractivity contribution in [3.05, 3.63) is 129 Å². The first-order valence-electron chi connectivity index (χ1n) is 22.5. The van der Waals surface area contributed by atoms with Crippen LogP contribution in [0, 0.1) is 11.8 Å². The van der Waals surface area contributed by atoms with E-state index in [4.69, 9.17) is 0 Å². The van der Waals surface area contributed by atoms with E-state index in [1.165, 1.54) is 149 Å². The van der Waals surface area contributed by atoms with E-state index in [1.54, 1.807) is 11.1 Å². The Kier molecular flexibility index (Phi) is 14.9. The largest absolute Gasteiger partial charge is 0.139 e. The van der Waals surface area contributed by atoms with Crippen LogP contribution in [-0.4, -0.2) is 0 Å². The Labute approximate surface area is 373 Å². The minimum absolute atomic E-state index is 0.0389. The van der Waals surface area contributed by atoms with E-state index in [0.717, 1.165) is 11.8 Å². The molecule has 4 aromatic heterocycles. The van der Waals surface area contributed by atoms with Crippen LogP contribution in [0.3, 0.4) is 0 Å². The monoisotopic (exact) mass is 854 g/mol. The highest BCUT2D eigenvalue weighted by atomic mass is 32.1. The van der Waals surface area contributed by atoms with Gasteiger partial charge in [-0.15, -0.1) is 45.3 Å². The highest BCUT2D eigenvalue weighted by molar-refractivity contribution is 7.24. The number of thiophene rings is 4. The summed E-state index contributed by atoms with van der Waals surface area (Å²) in [4.78, 5) is 11.4. The van der Waals surface area contributed by atoms with Crippen LogP contribution in [0.25, 0.3) is 51.5 Å². The highest BCUT2D eigenvalue weighted by Crippen LogP contribution is 2.56. The third-order valence-corrected chi connectivity index (χ3v) is 17.4. The van der Waals surface area contributed by atoms with Gasteiger partial charge >= 0.3 is 0 Å². The molecule has 4 heterocycles. The first kappa shape index (κ1) is 43.8. The Morgan fingerprint density at radius 2 is 0.881 bits per heavy atom. The lowest BCUT2D eigenvalue weighted by atomic mass is 9.71. The molecule has 0 fully saturated rings. The Morgan fingerprint density at radius 3 is 1.29 bits per heavy atom. The van der Waals surface area contributed by atoms with Crippen molar-refractivity contribution in [3.63, 3.8) is 0 Å². The van der Waals surface area contributed by atoms with Crippen molar-refractivity contribution in [2.24, 2.45) is 11.8 Å². The molecule has 4 heteroatoms. The fourth-order valence-electron chi connectivity index (χ4n) is 9.24. The number of fused-ring (bicyclic) bond motifs is 3. The second kappa shape index (κ2) is 20.1. The van der Waals surface area contributed by atoms with Crippen molar-refractivity contribution in [1.29, 1.82) is 0 Å². The average molecular weight is 855 g/mol. The summed E-state index contributed by atoms with van der Waals surface area (Å²) < 4.78 is 0. The SMILES string of the molecule is CCCC1(CCC)c2cc(-c3ccc(-c4ccc(CC[C@@H](C)CCC=C(C)C)s4)s3)ccc2-c2ccc(-c3ccc(-c4ccc(CC[C@@H](C)CCC=C(C)C)s4)s3)cc21. The summed E-state index contributed by atoms with van der Waals surface area (Å²) in [7, 11) is 0. The van der Waals surface area contributed by atoms with Crippen molar-refractivity contribution in [2.75, 3.05) is 0 Å². The fourth-order valence-corrected chi connectivity index (χ4v) is 13.5. The van der Waals surface area contributed by atoms with Crippen LogP contribution < -0.4 is 0 Å². The minimum atomic E-state index is 0.0389. The molecule has 0 unspecified atom stereocenters. The maximum absolute atomic E-state index is 2.58. The Bertz CT molecular complexity index is 2190. The van der Waals surface area contributed by atoms with E-state index < -0.39 is 0 Å². The molecule has 0 N–H and O–H groups in total. The number of rotatable bonds is 20. The normalized spacial score (nSPS) is 13.9.